The second-order valence-electron chi connectivity index (χ2n) is 4.28. The fourth-order valence-electron chi connectivity index (χ4n) is 2.11. The summed E-state index contributed by atoms with van der Waals surface area (Å²) in [4.78, 5) is 11.9. The van der Waals surface area contributed by atoms with E-state index < -0.39 is 6.04 Å². The molecular weight excluding hydrogens is 267 g/mol. The summed E-state index contributed by atoms with van der Waals surface area (Å²) in [5.74, 6) is -0.599. The minimum atomic E-state index is -0.560. The van der Waals surface area contributed by atoms with Crippen LogP contribution in [0.4, 0.5) is 15.8 Å². The highest BCUT2D eigenvalue weighted by atomic mass is 35.5. The molecule has 1 amide bonds. The van der Waals surface area contributed by atoms with Gasteiger partial charge in [-0.25, -0.2) is 4.39 Å². The van der Waals surface area contributed by atoms with Gasteiger partial charge >= 0.3 is 0 Å². The molecule has 5 heteroatoms. The molecule has 3 nitrogen and oxygen atoms in total. The number of fused-ring (bicyclic) bond motifs is 1. The molecule has 1 aliphatic heterocycles. The molecule has 3 rings (SSSR count). The lowest BCUT2D eigenvalue weighted by Gasteiger charge is -2.14. The number of para-hydroxylation sites is 1. The van der Waals surface area contributed by atoms with Crippen molar-refractivity contribution < 1.29 is 9.18 Å². The van der Waals surface area contributed by atoms with E-state index in [-0.39, 0.29) is 11.7 Å². The average Bonchev–Trinajstić information content (AvgIpc) is 2.68. The lowest BCUT2D eigenvalue weighted by atomic mass is 10.1. The smallest absolute Gasteiger partial charge is 0.251 e. The average molecular weight is 277 g/mol. The lowest BCUT2D eigenvalue weighted by Crippen LogP contribution is -2.19. The van der Waals surface area contributed by atoms with Crippen LogP contribution in [0.1, 0.15) is 11.6 Å². The minimum Gasteiger partial charge on any atom is -0.369 e. The van der Waals surface area contributed by atoms with Gasteiger partial charge in [0.25, 0.3) is 5.91 Å². The van der Waals surface area contributed by atoms with Crippen molar-refractivity contribution in [2.24, 2.45) is 0 Å². The monoisotopic (exact) mass is 276 g/mol. The molecular formula is C14H10ClFN2O. The molecule has 2 N–H and O–H groups in total. The quantitative estimate of drug-likeness (QED) is 0.880. The van der Waals surface area contributed by atoms with Crippen LogP contribution in [0, 0.1) is 5.82 Å². The molecule has 19 heavy (non-hydrogen) atoms. The van der Waals surface area contributed by atoms with Crippen LogP contribution < -0.4 is 10.6 Å². The normalized spacial score (nSPS) is 16.9. The fourth-order valence-corrected chi connectivity index (χ4v) is 2.30. The van der Waals surface area contributed by atoms with Gasteiger partial charge in [-0.2, -0.15) is 0 Å². The third-order valence-electron chi connectivity index (χ3n) is 3.02. The Labute approximate surface area is 114 Å². The van der Waals surface area contributed by atoms with Crippen molar-refractivity contribution in [3.63, 3.8) is 0 Å². The fraction of sp³-hybridized carbons (Fsp3) is 0.0714. The van der Waals surface area contributed by atoms with Gasteiger partial charge < -0.3 is 10.6 Å². The van der Waals surface area contributed by atoms with Crippen LogP contribution in [0.2, 0.25) is 5.02 Å². The Balaban J connectivity index is 1.95. The molecule has 0 radical (unpaired) electrons. The largest absolute Gasteiger partial charge is 0.369 e. The highest BCUT2D eigenvalue weighted by Gasteiger charge is 2.30. The van der Waals surface area contributed by atoms with E-state index in [9.17, 15) is 9.18 Å². The van der Waals surface area contributed by atoms with Crippen molar-refractivity contribution >= 4 is 28.9 Å². The summed E-state index contributed by atoms with van der Waals surface area (Å²) in [5.41, 5.74) is 1.88. The molecule has 0 fully saturated rings. The summed E-state index contributed by atoms with van der Waals surface area (Å²) in [6.07, 6.45) is 0. The topological polar surface area (TPSA) is 41.1 Å². The Morgan fingerprint density at radius 3 is 2.79 bits per heavy atom. The maximum Gasteiger partial charge on any atom is 0.251 e. The van der Waals surface area contributed by atoms with Crippen molar-refractivity contribution in [1.29, 1.82) is 0 Å². The van der Waals surface area contributed by atoms with Crippen LogP contribution in [-0.4, -0.2) is 5.91 Å². The third kappa shape index (κ3) is 2.15. The van der Waals surface area contributed by atoms with Crippen LogP contribution in [0.25, 0.3) is 0 Å². The second kappa shape index (κ2) is 4.55. The van der Waals surface area contributed by atoms with Crippen molar-refractivity contribution in [2.75, 3.05) is 10.6 Å². The number of carbonyl (C=O) groups excluding carboxylic acids is 1. The molecule has 0 saturated heterocycles. The van der Waals surface area contributed by atoms with Gasteiger partial charge in [0, 0.05) is 11.3 Å². The number of halogens is 2. The Kier molecular flexibility index (Phi) is 2.87. The highest BCUT2D eigenvalue weighted by Crippen LogP contribution is 2.35. The summed E-state index contributed by atoms with van der Waals surface area (Å²) < 4.78 is 13.1. The van der Waals surface area contributed by atoms with Gasteiger partial charge in [-0.3, -0.25) is 4.79 Å². The van der Waals surface area contributed by atoms with E-state index >= 15 is 0 Å². The number of hydrogen-bond acceptors (Lipinski definition) is 2. The standard InChI is InChI=1S/C14H10ClFN2O/c15-10-3-1-2-4-11(10)17-13-9-6-5-8(16)7-12(9)18-14(13)19/h1-7,13,17H,(H,18,19). The van der Waals surface area contributed by atoms with E-state index in [4.69, 9.17) is 11.6 Å². The number of hydrogen-bond donors (Lipinski definition) is 2. The number of rotatable bonds is 2. The van der Waals surface area contributed by atoms with Crippen LogP contribution in [-0.2, 0) is 4.79 Å². The maximum absolute atomic E-state index is 13.1. The molecule has 0 saturated carbocycles. The molecule has 2 aromatic rings. The molecule has 96 valence electrons. The summed E-state index contributed by atoms with van der Waals surface area (Å²) in [7, 11) is 0. The Bertz CT molecular complexity index is 660. The van der Waals surface area contributed by atoms with Crippen LogP contribution in [0.15, 0.2) is 42.5 Å². The number of amides is 1. The molecule has 0 aromatic heterocycles. The van der Waals surface area contributed by atoms with Crippen molar-refractivity contribution in [3.8, 4) is 0 Å². The van der Waals surface area contributed by atoms with E-state index in [1.165, 1.54) is 12.1 Å². The van der Waals surface area contributed by atoms with Gasteiger partial charge in [-0.1, -0.05) is 29.8 Å². The molecule has 2 aromatic carbocycles. The van der Waals surface area contributed by atoms with Gasteiger partial charge in [0.05, 0.1) is 10.7 Å². The summed E-state index contributed by atoms with van der Waals surface area (Å²) in [5, 5.41) is 6.24. The first-order valence-corrected chi connectivity index (χ1v) is 6.14. The van der Waals surface area contributed by atoms with E-state index in [0.717, 1.165) is 0 Å². The van der Waals surface area contributed by atoms with E-state index in [1.54, 1.807) is 18.2 Å². The number of nitrogens with one attached hydrogen (secondary N) is 2. The summed E-state index contributed by atoms with van der Waals surface area (Å²) >= 11 is 6.05. The zero-order valence-electron chi connectivity index (χ0n) is 9.78. The molecule has 0 spiro atoms. The van der Waals surface area contributed by atoms with E-state index in [2.05, 4.69) is 10.6 Å². The van der Waals surface area contributed by atoms with Gasteiger partial charge in [0.15, 0.2) is 0 Å². The van der Waals surface area contributed by atoms with Crippen molar-refractivity contribution in [1.82, 2.24) is 0 Å². The molecule has 1 aliphatic rings. The zero-order valence-corrected chi connectivity index (χ0v) is 10.5. The molecule has 0 aliphatic carbocycles. The maximum atomic E-state index is 13.1. The lowest BCUT2D eigenvalue weighted by molar-refractivity contribution is -0.116. The predicted octanol–water partition coefficient (Wildman–Crippen LogP) is 3.58. The Morgan fingerprint density at radius 1 is 1.21 bits per heavy atom. The highest BCUT2D eigenvalue weighted by molar-refractivity contribution is 6.33. The summed E-state index contributed by atoms with van der Waals surface area (Å²) in [6.45, 7) is 0. The molecule has 1 unspecified atom stereocenters. The molecule has 0 bridgehead atoms. The van der Waals surface area contributed by atoms with Gasteiger partial charge in [0.1, 0.15) is 11.9 Å². The first-order valence-electron chi connectivity index (χ1n) is 5.76. The van der Waals surface area contributed by atoms with E-state index in [1.807, 2.05) is 12.1 Å². The zero-order chi connectivity index (χ0) is 13.4. The van der Waals surface area contributed by atoms with Gasteiger partial charge in [0.2, 0.25) is 0 Å². The first kappa shape index (κ1) is 12.0. The SMILES string of the molecule is O=C1Nc2cc(F)ccc2C1Nc1ccccc1Cl. The van der Waals surface area contributed by atoms with Crippen LogP contribution in [0.5, 0.6) is 0 Å². The third-order valence-corrected chi connectivity index (χ3v) is 3.35. The molecule has 1 heterocycles. The van der Waals surface area contributed by atoms with Crippen molar-refractivity contribution in [2.45, 2.75) is 6.04 Å². The van der Waals surface area contributed by atoms with Crippen molar-refractivity contribution in [3.05, 3.63) is 58.9 Å². The van der Waals surface area contributed by atoms with Gasteiger partial charge in [-0.05, 0) is 24.3 Å². The number of anilines is 2. The number of carbonyl (C=O) groups is 1. The second-order valence-corrected chi connectivity index (χ2v) is 4.69. The Morgan fingerprint density at radius 2 is 2.00 bits per heavy atom. The minimum absolute atomic E-state index is 0.222. The van der Waals surface area contributed by atoms with Gasteiger partial charge in [-0.15, -0.1) is 0 Å². The predicted molar refractivity (Wildman–Crippen MR) is 72.8 cm³/mol. The van der Waals surface area contributed by atoms with E-state index in [0.29, 0.717) is 22.0 Å². The molecule has 1 atom stereocenters. The number of benzene rings is 2. The summed E-state index contributed by atoms with van der Waals surface area (Å²) in [6, 6.07) is 10.8. The van der Waals surface area contributed by atoms with Crippen LogP contribution >= 0.6 is 11.6 Å². The first-order chi connectivity index (χ1) is 9.15. The Hall–Kier alpha value is -2.07. The van der Waals surface area contributed by atoms with Crippen LogP contribution in [0.3, 0.4) is 0 Å².